The van der Waals surface area contributed by atoms with Gasteiger partial charge in [-0.2, -0.15) is 0 Å². The van der Waals surface area contributed by atoms with Crippen LogP contribution in [0.4, 0.5) is 0 Å². The van der Waals surface area contributed by atoms with Crippen LogP contribution in [0.25, 0.3) is 54.5 Å². The van der Waals surface area contributed by atoms with Crippen molar-refractivity contribution in [1.82, 2.24) is 9.97 Å². The van der Waals surface area contributed by atoms with E-state index < -0.39 is 8.07 Å². The number of carbonyl (C=O) groups is 1. The van der Waals surface area contributed by atoms with Crippen molar-refractivity contribution in [2.24, 2.45) is 10.8 Å². The summed E-state index contributed by atoms with van der Waals surface area (Å²) in [5, 5.41) is 21.7. The molecule has 4 aromatic carbocycles. The summed E-state index contributed by atoms with van der Waals surface area (Å²) in [6.07, 6.45) is 6.71. The molecule has 0 saturated heterocycles. The Kier molecular flexibility index (Phi) is 10.9. The summed E-state index contributed by atoms with van der Waals surface area (Å²) in [5.41, 5.74) is 5.18. The maximum atomic E-state index is 12.2. The first-order valence-corrected chi connectivity index (χ1v) is 21.3. The molecule has 7 rings (SSSR count). The molecule has 6 aromatic rings. The largest absolute Gasteiger partial charge is 0.512 e. The molecule has 0 amide bonds. The van der Waals surface area contributed by atoms with Gasteiger partial charge in [-0.05, 0) is 94.3 Å². The molecule has 0 aliphatic carbocycles. The summed E-state index contributed by atoms with van der Waals surface area (Å²) in [6, 6.07) is 25.9. The van der Waals surface area contributed by atoms with Crippen LogP contribution in [-0.2, 0) is 24.9 Å². The van der Waals surface area contributed by atoms with E-state index in [0.717, 1.165) is 47.8 Å². The van der Waals surface area contributed by atoms with Crippen LogP contribution >= 0.6 is 0 Å². The van der Waals surface area contributed by atoms with Gasteiger partial charge in [-0.25, -0.2) is 0 Å². The molecule has 0 bridgehead atoms. The molecule has 1 aliphatic rings. The van der Waals surface area contributed by atoms with Gasteiger partial charge in [0.25, 0.3) is 0 Å². The number of rotatable bonds is 7. The number of fused-ring (bicyclic) bond motifs is 7. The molecule has 1 N–H and O–H groups in total. The molecular formula is C45H51IrN2O2Si-. The van der Waals surface area contributed by atoms with Crippen molar-refractivity contribution in [1.29, 1.82) is 0 Å². The van der Waals surface area contributed by atoms with E-state index in [0.29, 0.717) is 0 Å². The first-order valence-electron chi connectivity index (χ1n) is 18.3. The van der Waals surface area contributed by atoms with Gasteiger partial charge in [0.05, 0.1) is 8.07 Å². The van der Waals surface area contributed by atoms with Crippen molar-refractivity contribution in [2.75, 3.05) is 0 Å². The van der Waals surface area contributed by atoms with Gasteiger partial charge in [0.15, 0.2) is 5.78 Å². The molecular weight excluding hydrogens is 821 g/mol. The summed E-state index contributed by atoms with van der Waals surface area (Å²) in [6.45, 7) is 21.4. The van der Waals surface area contributed by atoms with Crippen molar-refractivity contribution >= 4 is 67.6 Å². The fourth-order valence-corrected chi connectivity index (χ4v) is 10.4. The number of aliphatic hydroxyl groups is 1. The van der Waals surface area contributed by atoms with E-state index >= 15 is 0 Å². The van der Waals surface area contributed by atoms with Gasteiger partial charge in [-0.1, -0.05) is 125 Å². The number of aliphatic hydroxyl groups excluding tert-OH is 1. The van der Waals surface area contributed by atoms with Gasteiger partial charge >= 0.3 is 0 Å². The minimum atomic E-state index is -2.09. The standard InChI is InChI=1S/C30H23N2Si.C15H28O2.Ir/c1-17-13-18(2)20-9-10-21-22-11-12-31-29-25-15-19-7-5-6-8-26(19)32-30(25)33(3,4)27(28(22)29)16-24(21)23(20)14-17;1-7-14(5,8-2)12(16)11-13(17)15(6,9-3)10-4;/h5-14,16H,1-4H3;11,16H,7-10H2,1-6H3;/q-1;;/b;12-11-;. The number of nitrogens with zero attached hydrogens (tertiary/aromatic N) is 2. The number of carbonyl (C=O) groups excluding carboxylic acids is 1. The van der Waals surface area contributed by atoms with Gasteiger partial charge in [0.1, 0.15) is 5.76 Å². The number of ketones is 1. The molecule has 1 aliphatic heterocycles. The van der Waals surface area contributed by atoms with Crippen LogP contribution < -0.4 is 10.5 Å². The van der Waals surface area contributed by atoms with Crippen molar-refractivity contribution in [3.8, 4) is 11.3 Å². The third-order valence-corrected chi connectivity index (χ3v) is 15.4. The molecule has 51 heavy (non-hydrogen) atoms. The number of hydrogen-bond acceptors (Lipinski definition) is 4. The molecule has 6 heteroatoms. The van der Waals surface area contributed by atoms with E-state index in [4.69, 9.17) is 9.97 Å². The summed E-state index contributed by atoms with van der Waals surface area (Å²) in [7, 11) is -2.09. The second-order valence-corrected chi connectivity index (χ2v) is 19.6. The van der Waals surface area contributed by atoms with Gasteiger partial charge in [-0.15, -0.1) is 12.1 Å². The number of aryl methyl sites for hydroxylation is 2. The summed E-state index contributed by atoms with van der Waals surface area (Å²) >= 11 is 0. The molecule has 0 spiro atoms. The monoisotopic (exact) mass is 872 g/mol. The van der Waals surface area contributed by atoms with Crippen LogP contribution in [-0.4, -0.2) is 28.9 Å². The molecule has 0 fully saturated rings. The molecule has 1 radical (unpaired) electrons. The Morgan fingerprint density at radius 2 is 1.45 bits per heavy atom. The fraction of sp³-hybridized carbons (Fsp3) is 0.356. The summed E-state index contributed by atoms with van der Waals surface area (Å²) in [5.74, 6) is 0.286. The van der Waals surface area contributed by atoms with E-state index in [1.54, 1.807) is 0 Å². The summed E-state index contributed by atoms with van der Waals surface area (Å²) < 4.78 is 0. The SMILES string of the molecule is CCC(C)(CC)C(=O)/C=C(\O)C(C)(CC)CC.Cc1cc(C)c2ccc3c4ccnc5c4c(cc3c2c1)[Si](C)(C)c1nc2ccccc2[c-]c1-5.[Ir]. The molecule has 0 atom stereocenters. The summed E-state index contributed by atoms with van der Waals surface area (Å²) in [4.78, 5) is 22.3. The van der Waals surface area contributed by atoms with Crippen LogP contribution in [0.1, 0.15) is 78.4 Å². The number of pyridine rings is 2. The Balaban J connectivity index is 0.000000242. The molecule has 4 nitrogen and oxygen atoms in total. The van der Waals surface area contributed by atoms with Crippen molar-refractivity contribution in [3.63, 3.8) is 0 Å². The average Bonchev–Trinajstić information content (AvgIpc) is 3.12. The fourth-order valence-electron chi connectivity index (χ4n) is 7.55. The Labute approximate surface area is 318 Å². The predicted molar refractivity (Wildman–Crippen MR) is 216 cm³/mol. The minimum Gasteiger partial charge on any atom is -0.512 e. The van der Waals surface area contributed by atoms with E-state index in [-0.39, 0.29) is 42.5 Å². The van der Waals surface area contributed by atoms with Gasteiger partial charge in [0.2, 0.25) is 0 Å². The number of para-hydroxylation sites is 1. The molecule has 0 saturated carbocycles. The second kappa shape index (κ2) is 14.4. The Morgan fingerprint density at radius 1 is 0.824 bits per heavy atom. The predicted octanol–water partition coefficient (Wildman–Crippen LogP) is 11.0. The Bertz CT molecular complexity index is 2330. The average molecular weight is 872 g/mol. The zero-order valence-corrected chi connectivity index (χ0v) is 35.2. The number of allylic oxidation sites excluding steroid dienone is 2. The van der Waals surface area contributed by atoms with Crippen molar-refractivity contribution in [3.05, 3.63) is 95.9 Å². The quantitative estimate of drug-likeness (QED) is 0.0571. The molecule has 0 unspecified atom stereocenters. The van der Waals surface area contributed by atoms with E-state index in [1.807, 2.05) is 47.7 Å². The zero-order valence-electron chi connectivity index (χ0n) is 31.8. The molecule has 3 heterocycles. The first kappa shape index (κ1) is 38.5. The number of aromatic nitrogens is 2. The second-order valence-electron chi connectivity index (χ2n) is 15.4. The van der Waals surface area contributed by atoms with Crippen LogP contribution in [0.15, 0.2) is 78.7 Å². The van der Waals surface area contributed by atoms with Crippen molar-refractivity contribution in [2.45, 2.75) is 94.2 Å². The van der Waals surface area contributed by atoms with E-state index in [1.165, 1.54) is 60.0 Å². The minimum absolute atomic E-state index is 0. The third-order valence-electron chi connectivity index (χ3n) is 12.1. The van der Waals surface area contributed by atoms with E-state index in [2.05, 4.69) is 93.7 Å². The van der Waals surface area contributed by atoms with Crippen LogP contribution in [0, 0.1) is 30.7 Å². The van der Waals surface area contributed by atoms with E-state index in [9.17, 15) is 9.90 Å². The number of hydrogen-bond donors (Lipinski definition) is 1. The van der Waals surface area contributed by atoms with Gasteiger partial charge < -0.3 is 10.1 Å². The van der Waals surface area contributed by atoms with Crippen molar-refractivity contribution < 1.29 is 30.0 Å². The van der Waals surface area contributed by atoms with Gasteiger partial charge in [-0.3, -0.25) is 9.78 Å². The number of benzene rings is 4. The topological polar surface area (TPSA) is 63.1 Å². The Hall–Kier alpha value is -3.70. The van der Waals surface area contributed by atoms with Crippen LogP contribution in [0.2, 0.25) is 13.1 Å². The maximum absolute atomic E-state index is 12.2. The van der Waals surface area contributed by atoms with Crippen LogP contribution in [0.5, 0.6) is 0 Å². The van der Waals surface area contributed by atoms with Gasteiger partial charge in [0, 0.05) is 48.9 Å². The smallest absolute Gasteiger partial charge is 0.164 e. The van der Waals surface area contributed by atoms with Crippen LogP contribution in [0.3, 0.4) is 0 Å². The zero-order chi connectivity index (χ0) is 36.2. The Morgan fingerprint density at radius 3 is 2.12 bits per heavy atom. The maximum Gasteiger partial charge on any atom is 0.164 e. The molecule has 2 aromatic heterocycles. The normalized spacial score (nSPS) is 13.9. The third kappa shape index (κ3) is 6.49. The first-order chi connectivity index (χ1) is 23.7. The molecule has 267 valence electrons.